The van der Waals surface area contributed by atoms with E-state index < -0.39 is 135 Å². The molecule has 0 aliphatic carbocycles. The van der Waals surface area contributed by atoms with Gasteiger partial charge in [0.05, 0.1) is 115 Å². The van der Waals surface area contributed by atoms with E-state index in [1.807, 2.05) is 80.5 Å². The largest absolute Gasteiger partial charge is 0.394 e. The van der Waals surface area contributed by atoms with Crippen molar-refractivity contribution in [3.63, 3.8) is 0 Å². The number of nitrogens with two attached hydrogens (primary N) is 3. The summed E-state index contributed by atoms with van der Waals surface area (Å²) >= 11 is 38.4. The van der Waals surface area contributed by atoms with Gasteiger partial charge in [-0.25, -0.2) is 54.5 Å². The number of rotatable bonds is 15. The summed E-state index contributed by atoms with van der Waals surface area (Å²) in [5, 5.41) is 28.4. The zero-order chi connectivity index (χ0) is 101. The van der Waals surface area contributed by atoms with Crippen LogP contribution in [0.5, 0.6) is 0 Å². The fraction of sp³-hybridized carbons (Fsp3) is 0.281. The van der Waals surface area contributed by atoms with Gasteiger partial charge in [0, 0.05) is 112 Å². The van der Waals surface area contributed by atoms with Crippen LogP contribution in [-0.4, -0.2) is 153 Å². The molecule has 42 heteroatoms. The Balaban J connectivity index is 0.000000175. The summed E-state index contributed by atoms with van der Waals surface area (Å²) in [6.07, 6.45) is 8.40. The Kier molecular flexibility index (Phi) is 29.5. The molecule has 3 atom stereocenters. The number of hydrogen-bond donors (Lipinski definition) is 3. The van der Waals surface area contributed by atoms with Crippen LogP contribution >= 0.6 is 69.6 Å². The summed E-state index contributed by atoms with van der Waals surface area (Å²) in [4.78, 5) is 118. The van der Waals surface area contributed by atoms with Crippen molar-refractivity contribution in [3.05, 3.63) is 257 Å². The highest BCUT2D eigenvalue weighted by atomic mass is 35.5. The van der Waals surface area contributed by atoms with E-state index in [0.717, 1.165) is 0 Å². The molecule has 3 saturated heterocycles. The molecule has 15 rings (SSSR count). The Labute approximate surface area is 813 Å². The van der Waals surface area contributed by atoms with Crippen molar-refractivity contribution in [1.29, 1.82) is 15.8 Å². The summed E-state index contributed by atoms with van der Waals surface area (Å²) in [7, 11) is 0. The van der Waals surface area contributed by atoms with Crippen LogP contribution < -0.4 is 48.6 Å². The number of amides is 3. The first-order chi connectivity index (χ1) is 65.2. The molecule has 12 heterocycles. The highest BCUT2D eigenvalue weighted by Crippen LogP contribution is 2.49. The first-order valence-corrected chi connectivity index (χ1v) is 44.9. The molecule has 3 aliphatic heterocycles. The summed E-state index contributed by atoms with van der Waals surface area (Å²) < 4.78 is 137. The summed E-state index contributed by atoms with van der Waals surface area (Å²) in [6.45, 7) is 34.8. The van der Waals surface area contributed by atoms with Crippen LogP contribution in [0, 0.1) is 107 Å². The topological polar surface area (TPSA) is 363 Å². The third-order valence-electron chi connectivity index (χ3n) is 24.1. The predicted molar refractivity (Wildman–Crippen MR) is 516 cm³/mol. The van der Waals surface area contributed by atoms with E-state index in [1.54, 1.807) is 87.0 Å². The van der Waals surface area contributed by atoms with Gasteiger partial charge in [0.15, 0.2) is 52.4 Å². The van der Waals surface area contributed by atoms with Gasteiger partial charge in [-0.1, -0.05) is 131 Å². The highest BCUT2D eigenvalue weighted by Gasteiger charge is 2.40. The normalized spacial score (nSPS) is 15.0. The maximum Gasteiger partial charge on any atom is 0.276 e. The average molecular weight is 2010 g/mol. The van der Waals surface area contributed by atoms with Crippen LogP contribution in [0.4, 0.5) is 73.6 Å². The van der Waals surface area contributed by atoms with E-state index in [0.29, 0.717) is 50.8 Å². The number of benzene rings is 3. The van der Waals surface area contributed by atoms with Gasteiger partial charge in [-0.3, -0.25) is 57.4 Å². The lowest BCUT2D eigenvalue weighted by atomic mass is 10.0. The van der Waals surface area contributed by atoms with Gasteiger partial charge in [0.2, 0.25) is 17.7 Å². The molecule has 27 nitrogen and oxygen atoms in total. The molecule has 3 fully saturated rings. The lowest BCUT2D eigenvalue weighted by molar-refractivity contribution is -0.129. The van der Waals surface area contributed by atoms with Crippen molar-refractivity contribution in [1.82, 2.24) is 58.3 Å². The number of nitriles is 3. The number of pyridine rings is 9. The Morgan fingerprint density at radius 1 is 0.399 bits per heavy atom. The number of nitrogen functional groups attached to an aromatic ring is 3. The van der Waals surface area contributed by atoms with E-state index >= 15 is 13.2 Å². The molecule has 3 amide bonds. The second kappa shape index (κ2) is 40.1. The van der Waals surface area contributed by atoms with E-state index in [4.69, 9.17) is 86.8 Å². The Morgan fingerprint density at radius 3 is 0.833 bits per heavy atom. The number of piperazine rings is 3. The smallest absolute Gasteiger partial charge is 0.276 e. The van der Waals surface area contributed by atoms with Crippen LogP contribution in [-0.2, 0) is 14.4 Å². The van der Waals surface area contributed by atoms with Gasteiger partial charge < -0.3 is 46.6 Å². The second-order valence-electron chi connectivity index (χ2n) is 33.8. The fourth-order valence-electron chi connectivity index (χ4n) is 17.5. The molecule has 138 heavy (non-hydrogen) atoms. The first-order valence-electron chi connectivity index (χ1n) is 42.6. The number of aryl methyl sites for hydroxylation is 3. The number of nitrogens with zero attached hydrogens (tertiary/aromatic N) is 18. The summed E-state index contributed by atoms with van der Waals surface area (Å²) in [5.74, 6) is -15.3. The molecule has 0 radical (unpaired) electrons. The highest BCUT2D eigenvalue weighted by molar-refractivity contribution is 6.39. The maximum atomic E-state index is 15.5. The standard InChI is InChI=1S/3C32H28Cl2F3N7O2/c3*1-6-20(45)43-10-9-42(13-16(43)5)30-17-11-19(33)28(21-22(34)24(36)25(37)26(39)23(21)35)41-31(17)44(32(46)18(30)12-38)29-15(4)7-8-40-27(29)14(2)3/h3*6-8,11,14,16H,1,9-10,13,39H2,2-5H3/t3*16-/m111/s1. The van der Waals surface area contributed by atoms with E-state index in [9.17, 15) is 70.9 Å². The molecule has 12 aromatic rings. The van der Waals surface area contributed by atoms with Crippen LogP contribution in [0.25, 0.3) is 83.9 Å². The van der Waals surface area contributed by atoms with Crippen LogP contribution in [0.1, 0.15) is 131 Å². The summed E-state index contributed by atoms with van der Waals surface area (Å²) in [6, 6.07) is 14.3. The van der Waals surface area contributed by atoms with Crippen LogP contribution in [0.2, 0.25) is 30.1 Å². The molecule has 6 N–H and O–H groups in total. The van der Waals surface area contributed by atoms with Crippen molar-refractivity contribution in [2.75, 3.05) is 90.8 Å². The second-order valence-corrected chi connectivity index (χ2v) is 36.1. The van der Waals surface area contributed by atoms with Gasteiger partial charge in [-0.15, -0.1) is 0 Å². The van der Waals surface area contributed by atoms with Gasteiger partial charge in [-0.05, 0) is 131 Å². The Bertz CT molecular complexity index is 6790. The van der Waals surface area contributed by atoms with Crippen molar-refractivity contribution in [3.8, 4) is 69.0 Å². The number of aromatic nitrogens is 9. The molecule has 9 aromatic heterocycles. The van der Waals surface area contributed by atoms with Crippen molar-refractivity contribution < 1.29 is 53.9 Å². The molecule has 3 aromatic carbocycles. The van der Waals surface area contributed by atoms with Gasteiger partial charge in [0.25, 0.3) is 16.7 Å². The Morgan fingerprint density at radius 2 is 0.630 bits per heavy atom. The molecule has 0 bridgehead atoms. The molecular weight excluding hydrogens is 1930 g/mol. The maximum absolute atomic E-state index is 15.5. The molecule has 3 aliphatic rings. The molecule has 0 spiro atoms. The third-order valence-corrected chi connectivity index (χ3v) is 26.1. The predicted octanol–water partition coefficient (Wildman–Crippen LogP) is 18.8. The van der Waals surface area contributed by atoms with Crippen molar-refractivity contribution >= 4 is 155 Å². The van der Waals surface area contributed by atoms with Crippen LogP contribution in [0.15, 0.2) is 107 Å². The number of fused-ring (bicyclic) bond motifs is 3. The average Bonchev–Trinajstić information content (AvgIpc) is 0.726. The lowest BCUT2D eigenvalue weighted by Gasteiger charge is -2.41. The van der Waals surface area contributed by atoms with Gasteiger partial charge >= 0.3 is 0 Å². The minimum absolute atomic E-state index is 0.0765. The quantitative estimate of drug-likeness (QED) is 0.0282. The number of carbonyl (C=O) groups excluding carboxylic acids is 3. The van der Waals surface area contributed by atoms with Crippen molar-refractivity contribution in [2.24, 2.45) is 0 Å². The Hall–Kier alpha value is -13.8. The lowest BCUT2D eigenvalue weighted by Crippen LogP contribution is -2.54. The van der Waals surface area contributed by atoms with E-state index in [-0.39, 0.29) is 194 Å². The zero-order valence-corrected chi connectivity index (χ0v) is 80.3. The van der Waals surface area contributed by atoms with Crippen molar-refractivity contribution in [2.45, 2.75) is 119 Å². The van der Waals surface area contributed by atoms with E-state index in [2.05, 4.69) is 49.6 Å². The monoisotopic (exact) mass is 2010 g/mol. The zero-order valence-electron chi connectivity index (χ0n) is 75.8. The van der Waals surface area contributed by atoms with Gasteiger partial charge in [-0.2, -0.15) is 15.8 Å². The number of anilines is 6. The summed E-state index contributed by atoms with van der Waals surface area (Å²) in [5.41, 5.74) is 11.6. The number of halogens is 15. The molecule has 0 saturated carbocycles. The van der Waals surface area contributed by atoms with Crippen LogP contribution in [0.3, 0.4) is 0 Å². The number of carbonyl (C=O) groups is 3. The number of hydrogen-bond acceptors (Lipinski definition) is 21. The third kappa shape index (κ3) is 17.6. The minimum Gasteiger partial charge on any atom is -0.394 e. The molecular formula is C96H84Cl6F9N21O6. The van der Waals surface area contributed by atoms with Gasteiger partial charge in [0.1, 0.15) is 68.9 Å². The fourth-order valence-corrected chi connectivity index (χ4v) is 19.0. The molecule has 0 unspecified atom stereocenters. The SMILES string of the molecule is C=CC(=O)N1CCN(c2c(C#N)c(=O)n(-c3c(C)ccnc3C(C)C)c3nc(-c4c(F)c(N)c(F)c(F)c4Cl)c(Cl)cc23)C[C@H]1C.C=CC(=O)N1CCN(c2c(C#N)c(=O)n(-c3c(C)ccnc3C(C)C)c3nc(-c4c(F)c(N)c(F)c(F)c4Cl)c(Cl)cc23)C[C@H]1C.C=CC(=O)N1CCN(c2c(C#N)c(=O)n(-c3c(C)ccnc3C(C)C)c3nc(-c4c(F)c(N)c(F)c(F)c4Cl)c(Cl)cc23)C[C@H]1C. The van der Waals surface area contributed by atoms with E-state index in [1.165, 1.54) is 50.1 Å². The first kappa shape index (κ1) is 102. The minimum atomic E-state index is -1.67. The molecule has 714 valence electrons.